The first-order valence-corrected chi connectivity index (χ1v) is 12.4. The molecule has 3 aromatic rings. The number of anilines is 2. The average molecular weight is 485 g/mol. The number of hydrogen-bond donors (Lipinski definition) is 2. The number of oxazole rings is 1. The largest absolute Gasteiger partial charge is 0.448 e. The van der Waals surface area contributed by atoms with Crippen molar-refractivity contribution in [3.8, 4) is 0 Å². The maximum atomic E-state index is 11.1. The molecule has 172 valence electrons. The number of pyridine rings is 1. The Hall–Kier alpha value is -2.36. The third kappa shape index (κ3) is 3.66. The van der Waals surface area contributed by atoms with Crippen LogP contribution in [0, 0.1) is 12.3 Å². The third-order valence-corrected chi connectivity index (χ3v) is 8.84. The van der Waals surface area contributed by atoms with E-state index in [-0.39, 0.29) is 11.2 Å². The van der Waals surface area contributed by atoms with E-state index >= 15 is 0 Å². The van der Waals surface area contributed by atoms with Crippen molar-refractivity contribution >= 4 is 35.0 Å². The van der Waals surface area contributed by atoms with Crippen molar-refractivity contribution in [2.75, 3.05) is 23.7 Å². The highest BCUT2D eigenvalue weighted by Gasteiger charge is 2.48. The minimum Gasteiger partial charge on any atom is -0.448 e. The van der Waals surface area contributed by atoms with Crippen LogP contribution in [0.15, 0.2) is 33.0 Å². The lowest BCUT2D eigenvalue weighted by atomic mass is 9.76. The number of aryl methyl sites for hydroxylation is 1. The Balaban J connectivity index is 1.28. The fourth-order valence-electron chi connectivity index (χ4n) is 4.99. The Morgan fingerprint density at radius 2 is 1.94 bits per heavy atom. The number of nitrogens with two attached hydrogens (primary N) is 1. The number of nitrogen functional groups attached to an aromatic ring is 1. The number of aliphatic hydroxyl groups is 1. The Kier molecular flexibility index (Phi) is 4.87. The lowest BCUT2D eigenvalue weighted by molar-refractivity contribution is 0.145. The lowest BCUT2D eigenvalue weighted by Crippen LogP contribution is -2.42. The van der Waals surface area contributed by atoms with E-state index < -0.39 is 5.60 Å². The van der Waals surface area contributed by atoms with Gasteiger partial charge in [0, 0.05) is 30.6 Å². The summed E-state index contributed by atoms with van der Waals surface area (Å²) in [5.74, 6) is 2.14. The number of hydrogen-bond acceptors (Lipinski definition) is 9. The first-order valence-electron chi connectivity index (χ1n) is 11.2. The molecule has 33 heavy (non-hydrogen) atoms. The molecule has 3 N–H and O–H groups in total. The molecule has 10 heteroatoms. The summed E-state index contributed by atoms with van der Waals surface area (Å²) in [7, 11) is 0. The molecule has 0 unspecified atom stereocenters. The molecule has 3 aliphatic rings. The monoisotopic (exact) mass is 484 g/mol. The molecule has 1 saturated heterocycles. The van der Waals surface area contributed by atoms with Crippen molar-refractivity contribution in [1.82, 2.24) is 19.9 Å². The molecule has 2 aliphatic carbocycles. The van der Waals surface area contributed by atoms with Gasteiger partial charge in [-0.1, -0.05) is 23.4 Å². The van der Waals surface area contributed by atoms with Crippen LogP contribution in [0.3, 0.4) is 0 Å². The zero-order valence-corrected chi connectivity index (χ0v) is 19.9. The summed E-state index contributed by atoms with van der Waals surface area (Å²) in [5, 5.41) is 12.2. The van der Waals surface area contributed by atoms with Crippen molar-refractivity contribution < 1.29 is 9.52 Å². The second kappa shape index (κ2) is 7.58. The highest BCUT2D eigenvalue weighted by Crippen LogP contribution is 2.50. The van der Waals surface area contributed by atoms with E-state index in [2.05, 4.69) is 14.9 Å². The predicted octanol–water partition coefficient (Wildman–Crippen LogP) is 3.92. The van der Waals surface area contributed by atoms with Crippen molar-refractivity contribution in [3.05, 3.63) is 46.5 Å². The van der Waals surface area contributed by atoms with Crippen LogP contribution in [-0.2, 0) is 18.4 Å². The van der Waals surface area contributed by atoms with Crippen LogP contribution in [0.5, 0.6) is 0 Å². The van der Waals surface area contributed by atoms with E-state index in [1.807, 2.05) is 13.0 Å². The van der Waals surface area contributed by atoms with Gasteiger partial charge in [0.05, 0.1) is 16.4 Å². The molecule has 6 rings (SSSR count). The van der Waals surface area contributed by atoms with E-state index in [1.54, 1.807) is 12.6 Å². The summed E-state index contributed by atoms with van der Waals surface area (Å²) in [6.07, 6.45) is 8.62. The van der Waals surface area contributed by atoms with E-state index in [4.69, 9.17) is 31.7 Å². The summed E-state index contributed by atoms with van der Waals surface area (Å²) in [6, 6.07) is 1.81. The van der Waals surface area contributed by atoms with Gasteiger partial charge >= 0.3 is 0 Å². The van der Waals surface area contributed by atoms with Crippen molar-refractivity contribution in [2.24, 2.45) is 5.41 Å². The van der Waals surface area contributed by atoms with E-state index in [0.29, 0.717) is 23.6 Å². The quantitative estimate of drug-likeness (QED) is 0.568. The van der Waals surface area contributed by atoms with Gasteiger partial charge in [-0.25, -0.2) is 19.9 Å². The highest BCUT2D eigenvalue weighted by molar-refractivity contribution is 7.99. The Bertz CT molecular complexity index is 1210. The van der Waals surface area contributed by atoms with Gasteiger partial charge in [0.1, 0.15) is 27.9 Å². The molecule has 0 atom stereocenters. The van der Waals surface area contributed by atoms with Crippen LogP contribution in [0.4, 0.5) is 11.6 Å². The predicted molar refractivity (Wildman–Crippen MR) is 125 cm³/mol. The van der Waals surface area contributed by atoms with Crippen molar-refractivity contribution in [3.63, 3.8) is 0 Å². The number of piperidine rings is 1. The topological polar surface area (TPSA) is 114 Å². The van der Waals surface area contributed by atoms with Gasteiger partial charge in [-0.15, -0.1) is 0 Å². The van der Waals surface area contributed by atoms with Gasteiger partial charge in [0.2, 0.25) is 0 Å². The molecule has 0 aromatic carbocycles. The zero-order valence-electron chi connectivity index (χ0n) is 18.3. The van der Waals surface area contributed by atoms with Crippen molar-refractivity contribution in [1.29, 1.82) is 0 Å². The van der Waals surface area contributed by atoms with Crippen LogP contribution >= 0.6 is 23.4 Å². The second-order valence-corrected chi connectivity index (χ2v) is 10.9. The third-order valence-electron chi connectivity index (χ3n) is 7.19. The number of nitrogens with zero attached hydrogens (tertiary/aromatic N) is 5. The number of rotatable bonds is 4. The number of fused-ring (bicyclic) bond motifs is 1. The normalized spacial score (nSPS) is 20.3. The van der Waals surface area contributed by atoms with Crippen LogP contribution in [0.2, 0.25) is 5.02 Å². The van der Waals surface area contributed by atoms with E-state index in [1.165, 1.54) is 11.8 Å². The van der Waals surface area contributed by atoms with Gasteiger partial charge in [-0.3, -0.25) is 0 Å². The number of halogens is 1. The van der Waals surface area contributed by atoms with Crippen LogP contribution < -0.4 is 10.6 Å². The molecule has 4 heterocycles. The van der Waals surface area contributed by atoms with Crippen LogP contribution in [0.25, 0.3) is 0 Å². The summed E-state index contributed by atoms with van der Waals surface area (Å²) in [4.78, 5) is 21.4. The minimum atomic E-state index is -0.903. The summed E-state index contributed by atoms with van der Waals surface area (Å²) in [6.45, 7) is 3.70. The van der Waals surface area contributed by atoms with E-state index in [0.717, 1.165) is 71.7 Å². The molecule has 0 radical (unpaired) electrons. The maximum Gasteiger partial charge on any atom is 0.181 e. The van der Waals surface area contributed by atoms with Gasteiger partial charge in [-0.2, -0.15) is 0 Å². The van der Waals surface area contributed by atoms with Gasteiger partial charge < -0.3 is 20.2 Å². The smallest absolute Gasteiger partial charge is 0.181 e. The van der Waals surface area contributed by atoms with Crippen LogP contribution in [0.1, 0.15) is 48.5 Å². The molecular weight excluding hydrogens is 460 g/mol. The first-order chi connectivity index (χ1) is 15.9. The minimum absolute atomic E-state index is 0.228. The molecular formula is C23H25ClN6O2S. The zero-order chi connectivity index (χ0) is 22.8. The molecule has 2 fully saturated rings. The lowest BCUT2D eigenvalue weighted by Gasteiger charge is -2.40. The first kappa shape index (κ1) is 21.2. The number of aromatic nitrogens is 4. The second-order valence-electron chi connectivity index (χ2n) is 9.49. The standard InChI is InChI=1S/C23H25ClN6O2S/c1-13-21(33-16-2-7-26-19(25)17(16)24)29-18(23(31)3-4-23)20(28-13)30-8-5-22(6-9-30)10-14-15(11-22)32-12-27-14/h2,7,12,31H,3-6,8-11H2,1H3,(H2,25,26). The average Bonchev–Trinajstić information content (AvgIpc) is 3.25. The van der Waals surface area contributed by atoms with Gasteiger partial charge in [-0.05, 0) is 50.5 Å². The van der Waals surface area contributed by atoms with Gasteiger partial charge in [0.15, 0.2) is 12.2 Å². The van der Waals surface area contributed by atoms with Crippen molar-refractivity contribution in [2.45, 2.75) is 61.0 Å². The molecule has 1 aliphatic heterocycles. The molecule has 8 nitrogen and oxygen atoms in total. The fourth-order valence-corrected chi connectivity index (χ4v) is 6.08. The summed E-state index contributed by atoms with van der Waals surface area (Å²) >= 11 is 7.75. The fraction of sp³-hybridized carbons (Fsp3) is 0.478. The van der Waals surface area contributed by atoms with E-state index in [9.17, 15) is 5.11 Å². The molecule has 1 spiro atoms. The van der Waals surface area contributed by atoms with Crippen LogP contribution in [-0.4, -0.2) is 38.1 Å². The highest BCUT2D eigenvalue weighted by atomic mass is 35.5. The Morgan fingerprint density at radius 3 is 2.67 bits per heavy atom. The SMILES string of the molecule is Cc1nc(N2CCC3(CC2)Cc2ncoc2C3)c(C2(O)CC2)nc1Sc1ccnc(N)c1Cl. The maximum absolute atomic E-state index is 11.1. The molecule has 0 amide bonds. The Labute approximate surface area is 201 Å². The Morgan fingerprint density at radius 1 is 1.15 bits per heavy atom. The molecule has 0 bridgehead atoms. The summed E-state index contributed by atoms with van der Waals surface area (Å²) < 4.78 is 5.58. The summed E-state index contributed by atoms with van der Waals surface area (Å²) in [5.41, 5.74) is 7.78. The van der Waals surface area contributed by atoms with Gasteiger partial charge in [0.25, 0.3) is 0 Å². The molecule has 1 saturated carbocycles. The molecule has 3 aromatic heterocycles.